The van der Waals surface area contributed by atoms with Crippen LogP contribution >= 0.6 is 0 Å². The lowest BCUT2D eigenvalue weighted by atomic mass is 9.81. The molecule has 4 aliphatic heterocycles. The van der Waals surface area contributed by atoms with Crippen LogP contribution in [0.3, 0.4) is 0 Å². The van der Waals surface area contributed by atoms with E-state index in [9.17, 15) is 62.6 Å². The van der Waals surface area contributed by atoms with Crippen molar-refractivity contribution in [3.63, 3.8) is 0 Å². The normalized spacial score (nSPS) is 18.0. The number of benzene rings is 1. The summed E-state index contributed by atoms with van der Waals surface area (Å²) in [5.41, 5.74) is 1.07. The summed E-state index contributed by atoms with van der Waals surface area (Å²) >= 11 is 0. The molecule has 1 aromatic carbocycles. The average molecular weight is 1220 g/mol. The van der Waals surface area contributed by atoms with Crippen molar-refractivity contribution in [2.24, 2.45) is 0 Å². The van der Waals surface area contributed by atoms with Gasteiger partial charge in [0.05, 0.1) is 121 Å². The first kappa shape index (κ1) is 64.4. The van der Waals surface area contributed by atoms with Gasteiger partial charge in [0.25, 0.3) is 17.4 Å². The number of hydrogen-bond acceptors (Lipinski definition) is 19. The molecule has 1 aliphatic carbocycles. The third-order valence-corrected chi connectivity index (χ3v) is 15.4. The summed E-state index contributed by atoms with van der Waals surface area (Å²) in [6.45, 7) is 2.82. The van der Waals surface area contributed by atoms with Gasteiger partial charge in [0.1, 0.15) is 18.5 Å². The Morgan fingerprint density at radius 3 is 1.91 bits per heavy atom. The SMILES string of the molecule is CC[C@]1(O)C(=O)OCc2c1cc1n(c2=O)Cc2c-1nc1cc(F)c(C)c3c1c2[C@H](NC(=O)[C@H]1CCCN1C(=O)CNC(=O)CNC(=O)CNC(=O)CNC(=O)CNC(=O)CCOCCOCCOCCOCCNC(=O)CCN1C(=O)C=CC1=O)CC3. The first-order valence-electron chi connectivity index (χ1n) is 28.7. The minimum atomic E-state index is -2.07. The third kappa shape index (κ3) is 15.7. The van der Waals surface area contributed by atoms with E-state index < -0.39 is 121 Å². The number of nitrogens with zero attached hydrogens (tertiary/aromatic N) is 4. The molecule has 87 heavy (non-hydrogen) atoms. The van der Waals surface area contributed by atoms with Gasteiger partial charge in [-0.25, -0.2) is 14.2 Å². The Bertz CT molecular complexity index is 3300. The van der Waals surface area contributed by atoms with Gasteiger partial charge in [-0.1, -0.05) is 6.92 Å². The van der Waals surface area contributed by atoms with E-state index in [1.807, 2.05) is 0 Å². The van der Waals surface area contributed by atoms with Crippen molar-refractivity contribution in [3.05, 3.63) is 73.8 Å². The highest BCUT2D eigenvalue weighted by molar-refractivity contribution is 6.13. The molecule has 0 spiro atoms. The molecule has 6 heterocycles. The number of rotatable bonds is 31. The van der Waals surface area contributed by atoms with Crippen LogP contribution in [0.25, 0.3) is 22.3 Å². The number of carbonyl (C=O) groups excluding carboxylic acids is 11. The number of carbonyl (C=O) groups is 11. The maximum atomic E-state index is 15.5. The van der Waals surface area contributed by atoms with Crippen LogP contribution in [0.15, 0.2) is 29.1 Å². The van der Waals surface area contributed by atoms with Crippen molar-refractivity contribution >= 4 is 75.9 Å². The second kappa shape index (κ2) is 29.7. The molecule has 5 aliphatic rings. The van der Waals surface area contributed by atoms with Crippen LogP contribution in [-0.4, -0.2) is 201 Å². The predicted molar refractivity (Wildman–Crippen MR) is 300 cm³/mol. The molecule has 1 fully saturated rings. The number of cyclic esters (lactones) is 1. The number of amides is 10. The standard InChI is InChI=1S/C57H70FN11O18/c1-3-57(82)36-23-41-53-34(30-69(41)55(80)35(36)31-87-56(57)81)52-38(7-6-33-32(2)37(58)24-39(65-53)51(33)52)66-54(79)40-5-4-13-67(40)50(78)29-64-47(75)28-63-46(74)27-62-45(73)26-61-44(72)25-60-43(71)11-15-83-17-19-85-21-22-86-20-18-84-16-12-59-42(70)10-14-68-48(76)8-9-49(68)77/h8-9,23-24,38,40,82H,3-7,10-22,25-31H2,1-2H3,(H,59,70)(H,60,71)(H,61,72)(H,62,73)(H,63,74)(H,64,75)(H,66,79)/t38-,40-,57-/m1/s1. The fourth-order valence-electron chi connectivity index (χ4n) is 10.8. The lowest BCUT2D eigenvalue weighted by molar-refractivity contribution is -0.172. The highest BCUT2D eigenvalue weighted by atomic mass is 19.1. The zero-order chi connectivity index (χ0) is 62.4. The summed E-state index contributed by atoms with van der Waals surface area (Å²) in [6.07, 6.45) is 3.75. The van der Waals surface area contributed by atoms with Crippen molar-refractivity contribution < 1.29 is 85.9 Å². The number of imide groups is 1. The number of halogens is 1. The van der Waals surface area contributed by atoms with Crippen molar-refractivity contribution in [3.8, 4) is 11.4 Å². The minimum Gasteiger partial charge on any atom is -0.458 e. The quantitative estimate of drug-likeness (QED) is 0.0142. The van der Waals surface area contributed by atoms with Crippen LogP contribution in [-0.2, 0) is 102 Å². The monoisotopic (exact) mass is 1220 g/mol. The molecule has 10 amide bonds. The Kier molecular flexibility index (Phi) is 22.0. The van der Waals surface area contributed by atoms with Crippen LogP contribution < -0.4 is 42.8 Å². The van der Waals surface area contributed by atoms with Gasteiger partial charge >= 0.3 is 5.97 Å². The summed E-state index contributed by atoms with van der Waals surface area (Å²) in [7, 11) is 0. The van der Waals surface area contributed by atoms with E-state index in [0.29, 0.717) is 83.4 Å². The second-order valence-electron chi connectivity index (χ2n) is 21.0. The van der Waals surface area contributed by atoms with Gasteiger partial charge in [0.2, 0.25) is 47.3 Å². The van der Waals surface area contributed by atoms with Crippen LogP contribution in [0.2, 0.25) is 0 Å². The third-order valence-electron chi connectivity index (χ3n) is 15.4. The number of hydrogen-bond donors (Lipinski definition) is 8. The zero-order valence-corrected chi connectivity index (χ0v) is 48.2. The van der Waals surface area contributed by atoms with Gasteiger partial charge in [0.15, 0.2) is 5.60 Å². The van der Waals surface area contributed by atoms with E-state index in [-0.39, 0.29) is 109 Å². The number of pyridine rings is 2. The molecule has 29 nitrogen and oxygen atoms in total. The lowest BCUT2D eigenvalue weighted by Crippen LogP contribution is -2.50. The first-order chi connectivity index (χ1) is 41.8. The molecule has 0 bridgehead atoms. The molecule has 30 heteroatoms. The maximum absolute atomic E-state index is 15.5. The van der Waals surface area contributed by atoms with E-state index in [2.05, 4.69) is 37.2 Å². The molecule has 0 radical (unpaired) electrons. The molecule has 2 aromatic heterocycles. The van der Waals surface area contributed by atoms with Gasteiger partial charge in [-0.05, 0) is 61.8 Å². The Hall–Kier alpha value is -8.58. The molecule has 8 rings (SSSR count). The number of nitrogens with one attached hydrogen (secondary N) is 7. The Morgan fingerprint density at radius 2 is 1.29 bits per heavy atom. The Balaban J connectivity index is 0.663. The molecule has 1 saturated heterocycles. The Morgan fingerprint density at radius 1 is 0.713 bits per heavy atom. The van der Waals surface area contributed by atoms with E-state index >= 15 is 4.39 Å². The fraction of sp³-hybridized carbons (Fsp3) is 0.526. The summed E-state index contributed by atoms with van der Waals surface area (Å²) < 4.78 is 43.7. The highest BCUT2D eigenvalue weighted by Crippen LogP contribution is 2.46. The average Bonchev–Trinajstić information content (AvgIpc) is 1.66. The number of ether oxygens (including phenoxy) is 5. The van der Waals surface area contributed by atoms with Gasteiger partial charge in [0, 0.05) is 67.2 Å². The van der Waals surface area contributed by atoms with Gasteiger partial charge in [-0.3, -0.25) is 57.6 Å². The summed E-state index contributed by atoms with van der Waals surface area (Å²) in [5, 5.41) is 29.6. The summed E-state index contributed by atoms with van der Waals surface area (Å²) in [4.78, 5) is 158. The molecular weight excluding hydrogens is 1150 g/mol. The number of aromatic nitrogens is 2. The molecule has 3 aromatic rings. The minimum absolute atomic E-state index is 0.00521. The Labute approximate surface area is 497 Å². The van der Waals surface area contributed by atoms with Crippen molar-refractivity contribution in [2.45, 2.75) is 89.6 Å². The van der Waals surface area contributed by atoms with Crippen LogP contribution in [0.4, 0.5) is 4.39 Å². The molecule has 0 saturated carbocycles. The van der Waals surface area contributed by atoms with Crippen molar-refractivity contribution in [2.75, 3.05) is 105 Å². The van der Waals surface area contributed by atoms with E-state index in [0.717, 1.165) is 17.1 Å². The van der Waals surface area contributed by atoms with E-state index in [1.165, 1.54) is 15.5 Å². The molecule has 3 atom stereocenters. The smallest absolute Gasteiger partial charge is 0.343 e. The topological polar surface area (TPSA) is 380 Å². The van der Waals surface area contributed by atoms with E-state index in [4.69, 9.17) is 28.7 Å². The largest absolute Gasteiger partial charge is 0.458 e. The number of esters is 1. The molecule has 8 N–H and O–H groups in total. The van der Waals surface area contributed by atoms with Gasteiger partial charge in [-0.2, -0.15) is 0 Å². The lowest BCUT2D eigenvalue weighted by Gasteiger charge is -2.32. The van der Waals surface area contributed by atoms with Crippen LogP contribution in [0.1, 0.15) is 84.9 Å². The maximum Gasteiger partial charge on any atom is 0.343 e. The molecule has 0 unspecified atom stereocenters. The van der Waals surface area contributed by atoms with Gasteiger partial charge < -0.3 is 75.5 Å². The molecular formula is C57H70FN11O18. The molecule has 468 valence electrons. The van der Waals surface area contributed by atoms with Crippen molar-refractivity contribution in [1.29, 1.82) is 0 Å². The van der Waals surface area contributed by atoms with Crippen LogP contribution in [0.5, 0.6) is 0 Å². The summed E-state index contributed by atoms with van der Waals surface area (Å²) in [6, 6.07) is 1.31. The number of fused-ring (bicyclic) bond motifs is 5. The van der Waals surface area contributed by atoms with Gasteiger partial charge in [-0.15, -0.1) is 0 Å². The number of aliphatic hydroxyl groups is 1. The first-order valence-corrected chi connectivity index (χ1v) is 28.7. The fourth-order valence-corrected chi connectivity index (χ4v) is 10.8. The zero-order valence-electron chi connectivity index (χ0n) is 48.2. The summed E-state index contributed by atoms with van der Waals surface area (Å²) in [5.74, 6) is -6.94. The number of aryl methyl sites for hydroxylation is 1. The van der Waals surface area contributed by atoms with Crippen molar-refractivity contribution in [1.82, 2.24) is 56.6 Å². The van der Waals surface area contributed by atoms with Crippen LogP contribution in [0, 0.1) is 12.7 Å². The number of likely N-dealkylation sites (tertiary alicyclic amines) is 1. The predicted octanol–water partition coefficient (Wildman–Crippen LogP) is -2.91. The second-order valence-corrected chi connectivity index (χ2v) is 21.0. The van der Waals surface area contributed by atoms with E-state index in [1.54, 1.807) is 19.9 Å². The highest BCUT2D eigenvalue weighted by Gasteiger charge is 2.46.